The average Bonchev–Trinajstić information content (AvgIpc) is 2.68. The fourth-order valence-corrected chi connectivity index (χ4v) is 2.65. The molecule has 0 bridgehead atoms. The van der Waals surface area contributed by atoms with Gasteiger partial charge in [-0.05, 0) is 44.5 Å². The number of rotatable bonds is 9. The molecule has 29 heavy (non-hydrogen) atoms. The minimum atomic E-state index is -0.244. The summed E-state index contributed by atoms with van der Waals surface area (Å²) in [5, 5.41) is 6.69. The summed E-state index contributed by atoms with van der Waals surface area (Å²) in [7, 11) is 3.42. The molecule has 2 N–H and O–H groups in total. The minimum absolute atomic E-state index is 0.244. The molecule has 0 amide bonds. The van der Waals surface area contributed by atoms with E-state index in [0.29, 0.717) is 26.3 Å². The summed E-state index contributed by atoms with van der Waals surface area (Å²) >= 11 is 0. The van der Waals surface area contributed by atoms with Crippen LogP contribution in [0.5, 0.6) is 11.5 Å². The quantitative estimate of drug-likeness (QED) is 0.382. The predicted octanol–water partition coefficient (Wildman–Crippen LogP) is 3.75. The van der Waals surface area contributed by atoms with Crippen LogP contribution in [0.25, 0.3) is 0 Å². The maximum absolute atomic E-state index is 6.06. The van der Waals surface area contributed by atoms with E-state index in [-0.39, 0.29) is 5.60 Å². The van der Waals surface area contributed by atoms with Crippen molar-refractivity contribution in [1.82, 2.24) is 10.6 Å². The van der Waals surface area contributed by atoms with Crippen molar-refractivity contribution in [3.63, 3.8) is 0 Å². The smallest absolute Gasteiger partial charge is 0.191 e. The molecular formula is C23H33N3O3. The molecule has 0 spiro atoms. The van der Waals surface area contributed by atoms with Gasteiger partial charge in [0.2, 0.25) is 0 Å². The number of nitrogens with one attached hydrogen (secondary N) is 2. The molecule has 158 valence electrons. The van der Waals surface area contributed by atoms with Crippen LogP contribution in [-0.2, 0) is 17.8 Å². The fourth-order valence-electron chi connectivity index (χ4n) is 2.65. The third-order valence-corrected chi connectivity index (χ3v) is 3.97. The first-order chi connectivity index (χ1) is 13.9. The van der Waals surface area contributed by atoms with Gasteiger partial charge in [0.1, 0.15) is 23.7 Å². The Morgan fingerprint density at radius 2 is 1.72 bits per heavy atom. The van der Waals surface area contributed by atoms with E-state index in [9.17, 15) is 0 Å². The number of guanidine groups is 1. The van der Waals surface area contributed by atoms with Crippen LogP contribution in [0.4, 0.5) is 0 Å². The summed E-state index contributed by atoms with van der Waals surface area (Å²) in [4.78, 5) is 4.31. The highest BCUT2D eigenvalue weighted by molar-refractivity contribution is 5.79. The summed E-state index contributed by atoms with van der Waals surface area (Å²) in [6.45, 7) is 8.50. The second-order valence-corrected chi connectivity index (χ2v) is 7.59. The molecule has 0 fully saturated rings. The van der Waals surface area contributed by atoms with Crippen LogP contribution < -0.4 is 20.1 Å². The van der Waals surface area contributed by atoms with Crippen molar-refractivity contribution < 1.29 is 14.2 Å². The second kappa shape index (κ2) is 11.3. The summed E-state index contributed by atoms with van der Waals surface area (Å²) < 4.78 is 16.7. The number of methoxy groups -OCH3 is 1. The van der Waals surface area contributed by atoms with Gasteiger partial charge in [-0.2, -0.15) is 0 Å². The molecule has 0 aliphatic heterocycles. The standard InChI is InChI=1S/C23H33N3O3/c1-23(2,3)29-21-12-7-6-10-19(21)17-26-22(24-4)25-16-18-9-8-11-20(15-18)28-14-13-27-5/h6-12,15H,13-14,16-17H2,1-5H3,(H2,24,25,26). The number of para-hydroxylation sites is 1. The molecule has 2 aromatic rings. The van der Waals surface area contributed by atoms with Crippen LogP contribution >= 0.6 is 0 Å². The molecule has 0 saturated heterocycles. The lowest BCUT2D eigenvalue weighted by molar-refractivity contribution is 0.129. The zero-order valence-electron chi connectivity index (χ0n) is 18.1. The Labute approximate surface area is 174 Å². The summed E-state index contributed by atoms with van der Waals surface area (Å²) in [6, 6.07) is 16.0. The Balaban J connectivity index is 1.90. The van der Waals surface area contributed by atoms with Crippen LogP contribution in [0.3, 0.4) is 0 Å². The van der Waals surface area contributed by atoms with Crippen molar-refractivity contribution in [3.8, 4) is 11.5 Å². The van der Waals surface area contributed by atoms with Gasteiger partial charge < -0.3 is 24.8 Å². The predicted molar refractivity (Wildman–Crippen MR) is 118 cm³/mol. The Morgan fingerprint density at radius 3 is 2.45 bits per heavy atom. The number of hydrogen-bond donors (Lipinski definition) is 2. The van der Waals surface area contributed by atoms with E-state index in [1.807, 2.05) is 57.2 Å². The topological polar surface area (TPSA) is 64.1 Å². The SMILES string of the molecule is CN=C(NCc1cccc(OCCOC)c1)NCc1ccccc1OC(C)(C)C. The molecule has 6 heteroatoms. The highest BCUT2D eigenvalue weighted by atomic mass is 16.5. The first-order valence-electron chi connectivity index (χ1n) is 9.83. The molecule has 0 saturated carbocycles. The van der Waals surface area contributed by atoms with Crippen LogP contribution in [-0.4, -0.2) is 38.9 Å². The summed E-state index contributed by atoms with van der Waals surface area (Å²) in [6.07, 6.45) is 0. The van der Waals surface area contributed by atoms with E-state index >= 15 is 0 Å². The molecule has 6 nitrogen and oxygen atoms in total. The van der Waals surface area contributed by atoms with Crippen molar-refractivity contribution in [2.24, 2.45) is 4.99 Å². The van der Waals surface area contributed by atoms with Gasteiger partial charge in [-0.15, -0.1) is 0 Å². The van der Waals surface area contributed by atoms with Gasteiger partial charge in [0.15, 0.2) is 5.96 Å². The first kappa shape index (κ1) is 22.6. The molecular weight excluding hydrogens is 366 g/mol. The first-order valence-corrected chi connectivity index (χ1v) is 9.83. The molecule has 2 rings (SSSR count). The third kappa shape index (κ3) is 8.44. The zero-order chi connectivity index (χ0) is 21.1. The Kier molecular flexibility index (Phi) is 8.80. The van der Waals surface area contributed by atoms with Gasteiger partial charge in [0, 0.05) is 32.8 Å². The van der Waals surface area contributed by atoms with Gasteiger partial charge in [-0.1, -0.05) is 30.3 Å². The summed E-state index contributed by atoms with van der Waals surface area (Å²) in [5.41, 5.74) is 1.95. The van der Waals surface area contributed by atoms with Gasteiger partial charge in [0.25, 0.3) is 0 Å². The number of ether oxygens (including phenoxy) is 3. The number of nitrogens with zero attached hydrogens (tertiary/aromatic N) is 1. The van der Waals surface area contributed by atoms with E-state index in [2.05, 4.69) is 27.8 Å². The molecule has 0 atom stereocenters. The van der Waals surface area contributed by atoms with Gasteiger partial charge in [-0.3, -0.25) is 4.99 Å². The molecule has 0 radical (unpaired) electrons. The highest BCUT2D eigenvalue weighted by Gasteiger charge is 2.14. The van der Waals surface area contributed by atoms with E-state index in [4.69, 9.17) is 14.2 Å². The van der Waals surface area contributed by atoms with Crippen LogP contribution in [0, 0.1) is 0 Å². The van der Waals surface area contributed by atoms with E-state index in [0.717, 1.165) is 28.6 Å². The Morgan fingerprint density at radius 1 is 0.966 bits per heavy atom. The molecule has 0 heterocycles. The van der Waals surface area contributed by atoms with Gasteiger partial charge in [0.05, 0.1) is 6.61 Å². The van der Waals surface area contributed by atoms with Crippen LogP contribution in [0.15, 0.2) is 53.5 Å². The van der Waals surface area contributed by atoms with Crippen molar-refractivity contribution in [2.75, 3.05) is 27.4 Å². The number of benzene rings is 2. The van der Waals surface area contributed by atoms with Crippen molar-refractivity contribution >= 4 is 5.96 Å². The van der Waals surface area contributed by atoms with E-state index in [1.54, 1.807) is 14.2 Å². The van der Waals surface area contributed by atoms with Crippen LogP contribution in [0.2, 0.25) is 0 Å². The largest absolute Gasteiger partial charge is 0.491 e. The lowest BCUT2D eigenvalue weighted by atomic mass is 10.1. The number of aliphatic imine (C=N–C) groups is 1. The Hall–Kier alpha value is -2.73. The maximum Gasteiger partial charge on any atom is 0.191 e. The normalized spacial score (nSPS) is 11.8. The number of hydrogen-bond acceptors (Lipinski definition) is 4. The van der Waals surface area contributed by atoms with Crippen molar-refractivity contribution in [3.05, 3.63) is 59.7 Å². The fraction of sp³-hybridized carbons (Fsp3) is 0.435. The Bertz CT molecular complexity index is 785. The molecule has 0 aliphatic rings. The van der Waals surface area contributed by atoms with E-state index < -0.39 is 0 Å². The molecule has 0 unspecified atom stereocenters. The average molecular weight is 400 g/mol. The van der Waals surface area contributed by atoms with Crippen molar-refractivity contribution in [2.45, 2.75) is 39.5 Å². The second-order valence-electron chi connectivity index (χ2n) is 7.59. The van der Waals surface area contributed by atoms with Crippen LogP contribution in [0.1, 0.15) is 31.9 Å². The van der Waals surface area contributed by atoms with Gasteiger partial charge >= 0.3 is 0 Å². The molecule has 0 aromatic heterocycles. The molecule has 0 aliphatic carbocycles. The maximum atomic E-state index is 6.06. The lowest BCUT2D eigenvalue weighted by Crippen LogP contribution is -2.36. The highest BCUT2D eigenvalue weighted by Crippen LogP contribution is 2.22. The summed E-state index contributed by atoms with van der Waals surface area (Å²) in [5.74, 6) is 2.43. The lowest BCUT2D eigenvalue weighted by Gasteiger charge is -2.23. The van der Waals surface area contributed by atoms with Crippen molar-refractivity contribution in [1.29, 1.82) is 0 Å². The van der Waals surface area contributed by atoms with Gasteiger partial charge in [-0.25, -0.2) is 0 Å². The van der Waals surface area contributed by atoms with E-state index in [1.165, 1.54) is 0 Å². The monoisotopic (exact) mass is 399 g/mol. The minimum Gasteiger partial charge on any atom is -0.491 e. The third-order valence-electron chi connectivity index (χ3n) is 3.97. The zero-order valence-corrected chi connectivity index (χ0v) is 18.1. The molecule has 2 aromatic carbocycles.